The molecule has 0 aromatic carbocycles. The zero-order chi connectivity index (χ0) is 8.70. The van der Waals surface area contributed by atoms with Crippen molar-refractivity contribution in [2.75, 3.05) is 0 Å². The van der Waals surface area contributed by atoms with Crippen LogP contribution in [0.5, 0.6) is 0 Å². The smallest absolute Gasteiger partial charge is 0.212 e. The van der Waals surface area contributed by atoms with Gasteiger partial charge in [0.1, 0.15) is 0 Å². The van der Waals surface area contributed by atoms with Crippen LogP contribution in [-0.2, 0) is 10.0 Å². The van der Waals surface area contributed by atoms with Crippen LogP contribution in [-0.4, -0.2) is 19.2 Å². The summed E-state index contributed by atoms with van der Waals surface area (Å²) in [6, 6.07) is 0.0115. The van der Waals surface area contributed by atoms with Gasteiger partial charge in [0.25, 0.3) is 0 Å². The van der Waals surface area contributed by atoms with Gasteiger partial charge in [0, 0.05) is 6.04 Å². The number of hydrogen-bond acceptors (Lipinski definition) is 2. The Labute approximate surface area is 68.2 Å². The van der Waals surface area contributed by atoms with Gasteiger partial charge in [0.05, 0.1) is 4.75 Å². The van der Waals surface area contributed by atoms with Gasteiger partial charge in [-0.3, -0.25) is 0 Å². The monoisotopic (exact) mass is 177 g/mol. The Morgan fingerprint density at radius 2 is 1.82 bits per heavy atom. The lowest BCUT2D eigenvalue weighted by atomic mass is 10.4. The van der Waals surface area contributed by atoms with Crippen molar-refractivity contribution in [1.29, 1.82) is 0 Å². The molecule has 0 saturated heterocycles. The summed E-state index contributed by atoms with van der Waals surface area (Å²) in [5.41, 5.74) is 0. The summed E-state index contributed by atoms with van der Waals surface area (Å²) in [4.78, 5) is 0. The first-order valence-electron chi connectivity index (χ1n) is 3.89. The van der Waals surface area contributed by atoms with Gasteiger partial charge in [-0.2, -0.15) is 0 Å². The van der Waals surface area contributed by atoms with E-state index in [0.29, 0.717) is 0 Å². The van der Waals surface area contributed by atoms with Gasteiger partial charge in [-0.15, -0.1) is 0 Å². The van der Waals surface area contributed by atoms with E-state index in [1.165, 1.54) is 0 Å². The maximum atomic E-state index is 11.4. The first kappa shape index (κ1) is 9.00. The molecule has 1 aliphatic carbocycles. The SMILES string of the molecule is CC(C)NS(=O)(=O)C1(C)CC1. The molecule has 0 heterocycles. The minimum absolute atomic E-state index is 0.0115. The predicted molar refractivity (Wildman–Crippen MR) is 44.8 cm³/mol. The molecule has 4 heteroatoms. The van der Waals surface area contributed by atoms with Crippen LogP contribution in [0.2, 0.25) is 0 Å². The maximum Gasteiger partial charge on any atom is 0.217 e. The summed E-state index contributed by atoms with van der Waals surface area (Å²) in [6.45, 7) is 5.46. The second-order valence-electron chi connectivity index (χ2n) is 3.73. The topological polar surface area (TPSA) is 46.2 Å². The molecule has 0 aromatic heterocycles. The molecular weight excluding hydrogens is 162 g/mol. The second kappa shape index (κ2) is 2.45. The van der Waals surface area contributed by atoms with Crippen LogP contribution in [0, 0.1) is 0 Å². The summed E-state index contributed by atoms with van der Waals surface area (Å²) >= 11 is 0. The molecule has 1 N–H and O–H groups in total. The van der Waals surface area contributed by atoms with Crippen molar-refractivity contribution in [3.05, 3.63) is 0 Å². The van der Waals surface area contributed by atoms with Crippen molar-refractivity contribution in [3.63, 3.8) is 0 Å². The highest BCUT2D eigenvalue weighted by Crippen LogP contribution is 2.42. The Balaban J connectivity index is 2.68. The Hall–Kier alpha value is -0.0900. The highest BCUT2D eigenvalue weighted by Gasteiger charge is 2.49. The molecule has 0 amide bonds. The van der Waals surface area contributed by atoms with E-state index >= 15 is 0 Å². The van der Waals surface area contributed by atoms with Crippen molar-refractivity contribution in [2.24, 2.45) is 0 Å². The van der Waals surface area contributed by atoms with Crippen molar-refractivity contribution in [3.8, 4) is 0 Å². The van der Waals surface area contributed by atoms with Crippen LogP contribution in [0.15, 0.2) is 0 Å². The first-order chi connectivity index (χ1) is 4.87. The third-order valence-corrected chi connectivity index (χ3v) is 4.48. The van der Waals surface area contributed by atoms with Gasteiger partial charge in [0.2, 0.25) is 10.0 Å². The van der Waals surface area contributed by atoms with Gasteiger partial charge in [-0.25, -0.2) is 13.1 Å². The number of nitrogens with one attached hydrogen (secondary N) is 1. The van der Waals surface area contributed by atoms with E-state index in [4.69, 9.17) is 0 Å². The Morgan fingerprint density at radius 1 is 1.36 bits per heavy atom. The molecule has 1 aliphatic rings. The largest absolute Gasteiger partial charge is 0.217 e. The van der Waals surface area contributed by atoms with Crippen LogP contribution in [0.3, 0.4) is 0 Å². The minimum Gasteiger partial charge on any atom is -0.212 e. The zero-order valence-corrected chi connectivity index (χ0v) is 8.03. The van der Waals surface area contributed by atoms with E-state index in [9.17, 15) is 8.42 Å². The van der Waals surface area contributed by atoms with Crippen molar-refractivity contribution < 1.29 is 8.42 Å². The highest BCUT2D eigenvalue weighted by atomic mass is 32.2. The fourth-order valence-electron chi connectivity index (χ4n) is 0.897. The molecule has 0 radical (unpaired) electrons. The molecule has 0 unspecified atom stereocenters. The van der Waals surface area contributed by atoms with Gasteiger partial charge < -0.3 is 0 Å². The molecule has 11 heavy (non-hydrogen) atoms. The molecule has 1 rings (SSSR count). The number of hydrogen-bond donors (Lipinski definition) is 1. The second-order valence-corrected chi connectivity index (χ2v) is 5.95. The predicted octanol–water partition coefficient (Wildman–Crippen LogP) is 0.867. The molecule has 0 atom stereocenters. The molecule has 0 aliphatic heterocycles. The van der Waals surface area contributed by atoms with Crippen molar-refractivity contribution in [1.82, 2.24) is 4.72 Å². The van der Waals surface area contributed by atoms with E-state index in [2.05, 4.69) is 4.72 Å². The molecule has 0 aromatic rings. The molecule has 66 valence electrons. The van der Waals surface area contributed by atoms with E-state index < -0.39 is 14.8 Å². The Morgan fingerprint density at radius 3 is 2.09 bits per heavy atom. The molecule has 3 nitrogen and oxygen atoms in total. The van der Waals surface area contributed by atoms with Gasteiger partial charge >= 0.3 is 0 Å². The first-order valence-corrected chi connectivity index (χ1v) is 5.38. The average molecular weight is 177 g/mol. The van der Waals surface area contributed by atoms with Crippen LogP contribution in [0.4, 0.5) is 0 Å². The van der Waals surface area contributed by atoms with Crippen LogP contribution in [0.25, 0.3) is 0 Å². The lowest BCUT2D eigenvalue weighted by Crippen LogP contribution is -2.38. The lowest BCUT2D eigenvalue weighted by Gasteiger charge is -2.13. The van der Waals surface area contributed by atoms with Crippen molar-refractivity contribution >= 4 is 10.0 Å². The number of sulfonamides is 1. The summed E-state index contributed by atoms with van der Waals surface area (Å²) in [6.07, 6.45) is 1.60. The van der Waals surface area contributed by atoms with Crippen LogP contribution < -0.4 is 4.72 Å². The van der Waals surface area contributed by atoms with E-state index in [-0.39, 0.29) is 6.04 Å². The summed E-state index contributed by atoms with van der Waals surface area (Å²) in [5.74, 6) is 0. The fourth-order valence-corrected chi connectivity index (χ4v) is 2.44. The summed E-state index contributed by atoms with van der Waals surface area (Å²) in [7, 11) is -3.04. The number of rotatable bonds is 3. The Kier molecular flexibility index (Phi) is 2.01. The molecule has 1 saturated carbocycles. The van der Waals surface area contributed by atoms with Crippen LogP contribution >= 0.6 is 0 Å². The standard InChI is InChI=1S/C7H15NO2S/c1-6(2)8-11(9,10)7(3)4-5-7/h6,8H,4-5H2,1-3H3. The van der Waals surface area contributed by atoms with Gasteiger partial charge in [-0.1, -0.05) is 0 Å². The zero-order valence-electron chi connectivity index (χ0n) is 7.22. The quantitative estimate of drug-likeness (QED) is 0.695. The third kappa shape index (κ3) is 1.73. The summed E-state index contributed by atoms with van der Waals surface area (Å²) in [5, 5.41) is 0. The van der Waals surface area contributed by atoms with Crippen molar-refractivity contribution in [2.45, 2.75) is 44.4 Å². The van der Waals surface area contributed by atoms with Gasteiger partial charge in [0.15, 0.2) is 0 Å². The van der Waals surface area contributed by atoms with E-state index in [0.717, 1.165) is 12.8 Å². The van der Waals surface area contributed by atoms with E-state index in [1.807, 2.05) is 13.8 Å². The molecular formula is C7H15NO2S. The summed E-state index contributed by atoms with van der Waals surface area (Å²) < 4.78 is 25.0. The third-order valence-electron chi connectivity index (χ3n) is 1.99. The minimum atomic E-state index is -3.04. The van der Waals surface area contributed by atoms with Crippen LogP contribution in [0.1, 0.15) is 33.6 Å². The molecule has 0 bridgehead atoms. The molecule has 1 fully saturated rings. The Bertz CT molecular complexity index is 239. The fraction of sp³-hybridized carbons (Fsp3) is 1.00. The lowest BCUT2D eigenvalue weighted by molar-refractivity contribution is 0.555. The van der Waals surface area contributed by atoms with E-state index in [1.54, 1.807) is 6.92 Å². The normalized spacial score (nSPS) is 22.2. The molecule has 0 spiro atoms. The van der Waals surface area contributed by atoms with Gasteiger partial charge in [-0.05, 0) is 33.6 Å². The average Bonchev–Trinajstić information content (AvgIpc) is 2.44. The highest BCUT2D eigenvalue weighted by molar-refractivity contribution is 7.91. The maximum absolute atomic E-state index is 11.4.